The Morgan fingerprint density at radius 1 is 1.38 bits per heavy atom. The standard InChI is InChI=1S/C9H17NO3/c1-4-8(11)10-7(9(12)13)5-6(2)3/h6-7H,4-5H2,1-3H3,(H,10,11)(H,12,13)/t7-/m1/s1. The summed E-state index contributed by atoms with van der Waals surface area (Å²) in [5.41, 5.74) is 0. The van der Waals surface area contributed by atoms with Crippen LogP contribution in [-0.2, 0) is 9.59 Å². The molecule has 0 aromatic rings. The molecule has 4 nitrogen and oxygen atoms in total. The van der Waals surface area contributed by atoms with Gasteiger partial charge in [0.1, 0.15) is 6.04 Å². The zero-order valence-electron chi connectivity index (χ0n) is 8.33. The summed E-state index contributed by atoms with van der Waals surface area (Å²) in [4.78, 5) is 21.6. The summed E-state index contributed by atoms with van der Waals surface area (Å²) < 4.78 is 0. The maximum atomic E-state index is 10.9. The average Bonchev–Trinajstić information content (AvgIpc) is 2.02. The minimum Gasteiger partial charge on any atom is -0.480 e. The molecular weight excluding hydrogens is 170 g/mol. The van der Waals surface area contributed by atoms with Crippen molar-refractivity contribution in [2.75, 3.05) is 0 Å². The Morgan fingerprint density at radius 2 is 1.92 bits per heavy atom. The van der Waals surface area contributed by atoms with Crippen molar-refractivity contribution >= 4 is 11.9 Å². The van der Waals surface area contributed by atoms with E-state index in [2.05, 4.69) is 5.32 Å². The van der Waals surface area contributed by atoms with Crippen LogP contribution in [0.4, 0.5) is 0 Å². The molecule has 1 amide bonds. The van der Waals surface area contributed by atoms with Crippen molar-refractivity contribution in [3.05, 3.63) is 0 Å². The minimum absolute atomic E-state index is 0.215. The number of rotatable bonds is 5. The maximum Gasteiger partial charge on any atom is 0.326 e. The molecule has 0 aromatic carbocycles. The number of carboxylic acids is 1. The highest BCUT2D eigenvalue weighted by molar-refractivity contribution is 5.83. The molecule has 0 saturated heterocycles. The van der Waals surface area contributed by atoms with Gasteiger partial charge in [-0.2, -0.15) is 0 Å². The van der Waals surface area contributed by atoms with Gasteiger partial charge in [0.2, 0.25) is 5.91 Å². The maximum absolute atomic E-state index is 10.9. The summed E-state index contributed by atoms with van der Waals surface area (Å²) in [6.07, 6.45) is 0.795. The van der Waals surface area contributed by atoms with Crippen molar-refractivity contribution in [2.45, 2.75) is 39.7 Å². The summed E-state index contributed by atoms with van der Waals surface area (Å²) in [6.45, 7) is 5.55. The van der Waals surface area contributed by atoms with E-state index in [0.29, 0.717) is 12.8 Å². The van der Waals surface area contributed by atoms with E-state index >= 15 is 0 Å². The van der Waals surface area contributed by atoms with Crippen molar-refractivity contribution in [3.63, 3.8) is 0 Å². The molecule has 0 aliphatic carbocycles. The van der Waals surface area contributed by atoms with Crippen LogP contribution in [0.2, 0.25) is 0 Å². The first-order chi connectivity index (χ1) is 5.97. The number of hydrogen-bond donors (Lipinski definition) is 2. The lowest BCUT2D eigenvalue weighted by molar-refractivity contribution is -0.142. The van der Waals surface area contributed by atoms with Gasteiger partial charge in [0.25, 0.3) is 0 Å². The SMILES string of the molecule is CCC(=O)N[C@H](CC(C)C)C(=O)O. The van der Waals surface area contributed by atoms with E-state index in [1.165, 1.54) is 0 Å². The normalized spacial score (nSPS) is 12.6. The molecule has 0 unspecified atom stereocenters. The van der Waals surface area contributed by atoms with Gasteiger partial charge in [0, 0.05) is 6.42 Å². The topological polar surface area (TPSA) is 66.4 Å². The van der Waals surface area contributed by atoms with Gasteiger partial charge in [0.05, 0.1) is 0 Å². The lowest BCUT2D eigenvalue weighted by Crippen LogP contribution is -2.41. The van der Waals surface area contributed by atoms with Crippen molar-refractivity contribution in [1.29, 1.82) is 0 Å². The molecule has 0 rings (SSSR count). The van der Waals surface area contributed by atoms with Crippen molar-refractivity contribution in [3.8, 4) is 0 Å². The molecule has 4 heteroatoms. The van der Waals surface area contributed by atoms with Gasteiger partial charge in [-0.05, 0) is 12.3 Å². The number of carbonyl (C=O) groups is 2. The van der Waals surface area contributed by atoms with Crippen molar-refractivity contribution < 1.29 is 14.7 Å². The first kappa shape index (κ1) is 11.9. The molecular formula is C9H17NO3. The smallest absolute Gasteiger partial charge is 0.326 e. The number of nitrogens with one attached hydrogen (secondary N) is 1. The minimum atomic E-state index is -0.962. The lowest BCUT2D eigenvalue weighted by atomic mass is 10.0. The lowest BCUT2D eigenvalue weighted by Gasteiger charge is -2.15. The first-order valence-corrected chi connectivity index (χ1v) is 4.49. The molecule has 0 aliphatic heterocycles. The van der Waals surface area contributed by atoms with Crippen LogP contribution in [0, 0.1) is 5.92 Å². The summed E-state index contributed by atoms with van der Waals surface area (Å²) in [7, 11) is 0. The summed E-state index contributed by atoms with van der Waals surface area (Å²) in [6, 6.07) is -0.743. The fraction of sp³-hybridized carbons (Fsp3) is 0.778. The van der Waals surface area contributed by atoms with E-state index in [4.69, 9.17) is 5.11 Å². The van der Waals surface area contributed by atoms with E-state index in [9.17, 15) is 9.59 Å². The Labute approximate surface area is 78.3 Å². The number of carboxylic acid groups (broad SMARTS) is 1. The van der Waals surface area contributed by atoms with Crippen LogP contribution in [0.5, 0.6) is 0 Å². The molecule has 1 atom stereocenters. The Balaban J connectivity index is 4.10. The third-order valence-electron chi connectivity index (χ3n) is 1.66. The number of carbonyl (C=O) groups excluding carboxylic acids is 1. The largest absolute Gasteiger partial charge is 0.480 e. The van der Waals surface area contributed by atoms with Gasteiger partial charge >= 0.3 is 5.97 Å². The molecule has 0 aliphatic rings. The number of aliphatic carboxylic acids is 1. The molecule has 0 fully saturated rings. The van der Waals surface area contributed by atoms with Gasteiger partial charge in [0.15, 0.2) is 0 Å². The van der Waals surface area contributed by atoms with E-state index in [1.807, 2.05) is 13.8 Å². The second-order valence-electron chi connectivity index (χ2n) is 3.44. The monoisotopic (exact) mass is 187 g/mol. The summed E-state index contributed by atoms with van der Waals surface area (Å²) in [5.74, 6) is -0.915. The molecule has 0 heterocycles. The Bertz CT molecular complexity index is 189. The van der Waals surface area contributed by atoms with E-state index in [0.717, 1.165) is 0 Å². The molecule has 0 bridgehead atoms. The predicted molar refractivity (Wildman–Crippen MR) is 49.3 cm³/mol. The summed E-state index contributed by atoms with van der Waals surface area (Å²) in [5, 5.41) is 11.2. The van der Waals surface area contributed by atoms with E-state index < -0.39 is 12.0 Å². The number of amides is 1. The van der Waals surface area contributed by atoms with Gasteiger partial charge < -0.3 is 10.4 Å². The third-order valence-corrected chi connectivity index (χ3v) is 1.66. The molecule has 76 valence electrons. The highest BCUT2D eigenvalue weighted by Gasteiger charge is 2.19. The van der Waals surface area contributed by atoms with Crippen LogP contribution in [0.3, 0.4) is 0 Å². The molecule has 0 spiro atoms. The van der Waals surface area contributed by atoms with Crippen LogP contribution in [-0.4, -0.2) is 23.0 Å². The zero-order chi connectivity index (χ0) is 10.4. The summed E-state index contributed by atoms with van der Waals surface area (Å²) >= 11 is 0. The molecule has 0 aromatic heterocycles. The molecule has 0 saturated carbocycles. The second-order valence-corrected chi connectivity index (χ2v) is 3.44. The highest BCUT2D eigenvalue weighted by atomic mass is 16.4. The molecule has 13 heavy (non-hydrogen) atoms. The van der Waals surface area contributed by atoms with Gasteiger partial charge in [-0.1, -0.05) is 20.8 Å². The van der Waals surface area contributed by atoms with Crippen LogP contribution in [0.25, 0.3) is 0 Å². The molecule has 0 radical (unpaired) electrons. The van der Waals surface area contributed by atoms with Gasteiger partial charge in [-0.25, -0.2) is 4.79 Å². The van der Waals surface area contributed by atoms with E-state index in [-0.39, 0.29) is 11.8 Å². The second kappa shape index (κ2) is 5.56. The number of hydrogen-bond acceptors (Lipinski definition) is 2. The van der Waals surface area contributed by atoms with Crippen molar-refractivity contribution in [1.82, 2.24) is 5.32 Å². The van der Waals surface area contributed by atoms with Gasteiger partial charge in [-0.15, -0.1) is 0 Å². The fourth-order valence-electron chi connectivity index (χ4n) is 0.989. The average molecular weight is 187 g/mol. The molecule has 2 N–H and O–H groups in total. The quantitative estimate of drug-likeness (QED) is 0.675. The highest BCUT2D eigenvalue weighted by Crippen LogP contribution is 2.04. The van der Waals surface area contributed by atoms with Crippen LogP contribution in [0.15, 0.2) is 0 Å². The first-order valence-electron chi connectivity index (χ1n) is 4.49. The fourth-order valence-corrected chi connectivity index (χ4v) is 0.989. The zero-order valence-corrected chi connectivity index (χ0v) is 8.33. The predicted octanol–water partition coefficient (Wildman–Crippen LogP) is 1.01. The van der Waals surface area contributed by atoms with Crippen LogP contribution in [0.1, 0.15) is 33.6 Å². The van der Waals surface area contributed by atoms with Gasteiger partial charge in [-0.3, -0.25) is 4.79 Å². The van der Waals surface area contributed by atoms with E-state index in [1.54, 1.807) is 6.92 Å². The van der Waals surface area contributed by atoms with Crippen LogP contribution < -0.4 is 5.32 Å². The Hall–Kier alpha value is -1.06. The Kier molecular flexibility index (Phi) is 5.11. The third kappa shape index (κ3) is 5.22. The van der Waals surface area contributed by atoms with Crippen molar-refractivity contribution in [2.24, 2.45) is 5.92 Å². The Morgan fingerprint density at radius 3 is 2.23 bits per heavy atom. The van der Waals surface area contributed by atoms with Crippen LogP contribution >= 0.6 is 0 Å².